The summed E-state index contributed by atoms with van der Waals surface area (Å²) in [5, 5.41) is 3.26. The zero-order valence-electron chi connectivity index (χ0n) is 14.8. The molecule has 0 unspecified atom stereocenters. The van der Waals surface area contributed by atoms with Gasteiger partial charge in [0.25, 0.3) is 0 Å². The van der Waals surface area contributed by atoms with Crippen LogP contribution < -0.4 is 11.1 Å². The molecule has 4 nitrogen and oxygen atoms in total. The van der Waals surface area contributed by atoms with E-state index in [4.69, 9.17) is 5.73 Å². The predicted molar refractivity (Wildman–Crippen MR) is 101 cm³/mol. The van der Waals surface area contributed by atoms with Gasteiger partial charge in [-0.15, -0.1) is 0 Å². The standard InChI is InChI=1S/C20H32N4/c21-20(22-14-17-7-5-8-17)23-15-18-9-6-10-19(13-18)16-24-11-3-1-2-4-12-24/h6,9-10,13,17H,1-5,7-8,11-12,14-16H2,(H3,21,22,23). The van der Waals surface area contributed by atoms with Crippen LogP contribution in [-0.4, -0.2) is 30.5 Å². The number of nitrogens with one attached hydrogen (secondary N) is 1. The maximum absolute atomic E-state index is 5.98. The molecule has 24 heavy (non-hydrogen) atoms. The summed E-state index contributed by atoms with van der Waals surface area (Å²) in [5.41, 5.74) is 8.62. The molecular weight excluding hydrogens is 296 g/mol. The van der Waals surface area contributed by atoms with Crippen molar-refractivity contribution in [1.82, 2.24) is 10.2 Å². The molecule has 2 aliphatic rings. The van der Waals surface area contributed by atoms with E-state index >= 15 is 0 Å². The molecule has 0 bridgehead atoms. The van der Waals surface area contributed by atoms with Crippen LogP contribution in [0.5, 0.6) is 0 Å². The van der Waals surface area contributed by atoms with E-state index in [0.717, 1.165) is 19.0 Å². The summed E-state index contributed by atoms with van der Waals surface area (Å²) in [6.45, 7) is 5.18. The molecule has 0 atom stereocenters. The molecule has 3 rings (SSSR count). The van der Waals surface area contributed by atoms with Crippen LogP contribution in [0.3, 0.4) is 0 Å². The molecular formula is C20H32N4. The van der Waals surface area contributed by atoms with Crippen molar-refractivity contribution in [3.63, 3.8) is 0 Å². The van der Waals surface area contributed by atoms with Crippen molar-refractivity contribution in [3.8, 4) is 0 Å². The summed E-state index contributed by atoms with van der Waals surface area (Å²) in [7, 11) is 0. The lowest BCUT2D eigenvalue weighted by Gasteiger charge is -2.25. The lowest BCUT2D eigenvalue weighted by Crippen LogP contribution is -2.37. The number of likely N-dealkylation sites (tertiary alicyclic amines) is 1. The molecule has 3 N–H and O–H groups in total. The fourth-order valence-corrected chi connectivity index (χ4v) is 3.56. The molecule has 4 heteroatoms. The van der Waals surface area contributed by atoms with Crippen molar-refractivity contribution in [1.29, 1.82) is 0 Å². The molecule has 0 amide bonds. The van der Waals surface area contributed by atoms with Gasteiger partial charge in [-0.3, -0.25) is 4.90 Å². The molecule has 1 aromatic rings. The lowest BCUT2D eigenvalue weighted by atomic mass is 9.85. The normalized spacial score (nSPS) is 20.4. The van der Waals surface area contributed by atoms with Crippen molar-refractivity contribution >= 4 is 5.96 Å². The maximum Gasteiger partial charge on any atom is 0.188 e. The highest BCUT2D eigenvalue weighted by molar-refractivity contribution is 5.77. The third-order valence-corrected chi connectivity index (χ3v) is 5.32. The second-order valence-electron chi connectivity index (χ2n) is 7.39. The van der Waals surface area contributed by atoms with Gasteiger partial charge in [-0.1, -0.05) is 43.5 Å². The van der Waals surface area contributed by atoms with E-state index in [1.54, 1.807) is 0 Å². The number of hydrogen-bond donors (Lipinski definition) is 2. The third-order valence-electron chi connectivity index (χ3n) is 5.32. The lowest BCUT2D eigenvalue weighted by molar-refractivity contribution is 0.277. The van der Waals surface area contributed by atoms with Crippen molar-refractivity contribution in [2.75, 3.05) is 19.6 Å². The Balaban J connectivity index is 1.48. The molecule has 1 saturated heterocycles. The number of guanidine groups is 1. The molecule has 1 saturated carbocycles. The minimum absolute atomic E-state index is 0.583. The van der Waals surface area contributed by atoms with Crippen LogP contribution in [0.4, 0.5) is 0 Å². The Morgan fingerprint density at radius 3 is 2.54 bits per heavy atom. The summed E-state index contributed by atoms with van der Waals surface area (Å²) in [6, 6.07) is 8.81. The van der Waals surface area contributed by atoms with E-state index in [0.29, 0.717) is 12.5 Å². The van der Waals surface area contributed by atoms with E-state index in [1.807, 2.05) is 0 Å². The minimum atomic E-state index is 0.583. The van der Waals surface area contributed by atoms with Crippen LogP contribution in [0, 0.1) is 5.92 Å². The van der Waals surface area contributed by atoms with Crippen molar-refractivity contribution in [3.05, 3.63) is 35.4 Å². The summed E-state index contributed by atoms with van der Waals surface area (Å²) in [4.78, 5) is 7.08. The second kappa shape index (κ2) is 9.07. The van der Waals surface area contributed by atoms with Crippen molar-refractivity contribution in [2.45, 2.75) is 58.0 Å². The summed E-state index contributed by atoms with van der Waals surface area (Å²) < 4.78 is 0. The van der Waals surface area contributed by atoms with Crippen LogP contribution in [0.15, 0.2) is 29.3 Å². The Morgan fingerprint density at radius 1 is 1.08 bits per heavy atom. The smallest absolute Gasteiger partial charge is 0.188 e. The van der Waals surface area contributed by atoms with Gasteiger partial charge in [0.2, 0.25) is 0 Å². The van der Waals surface area contributed by atoms with Gasteiger partial charge in [0.1, 0.15) is 0 Å². The Bertz CT molecular complexity index is 528. The minimum Gasteiger partial charge on any atom is -0.370 e. The highest BCUT2D eigenvalue weighted by Gasteiger charge is 2.16. The average Bonchev–Trinajstić information content (AvgIpc) is 2.80. The van der Waals surface area contributed by atoms with E-state index in [9.17, 15) is 0 Å². The monoisotopic (exact) mass is 328 g/mol. The molecule has 132 valence electrons. The first-order valence-electron chi connectivity index (χ1n) is 9.63. The van der Waals surface area contributed by atoms with Crippen LogP contribution in [0.1, 0.15) is 56.1 Å². The number of nitrogens with zero attached hydrogens (tertiary/aromatic N) is 2. The van der Waals surface area contributed by atoms with Crippen LogP contribution >= 0.6 is 0 Å². The van der Waals surface area contributed by atoms with E-state index in [2.05, 4.69) is 39.5 Å². The first kappa shape index (κ1) is 17.3. The molecule has 0 spiro atoms. The number of nitrogens with two attached hydrogens (primary N) is 1. The number of benzene rings is 1. The van der Waals surface area contributed by atoms with E-state index < -0.39 is 0 Å². The largest absolute Gasteiger partial charge is 0.370 e. The zero-order valence-corrected chi connectivity index (χ0v) is 14.8. The quantitative estimate of drug-likeness (QED) is 0.622. The number of aliphatic imine (C=N–C) groups is 1. The molecule has 2 fully saturated rings. The first-order valence-corrected chi connectivity index (χ1v) is 9.63. The Labute approximate surface area is 146 Å². The van der Waals surface area contributed by atoms with Gasteiger partial charge < -0.3 is 11.1 Å². The number of hydrogen-bond acceptors (Lipinski definition) is 2. The molecule has 1 aliphatic heterocycles. The van der Waals surface area contributed by atoms with Crippen molar-refractivity contribution < 1.29 is 0 Å². The zero-order chi connectivity index (χ0) is 16.6. The van der Waals surface area contributed by atoms with Gasteiger partial charge >= 0.3 is 0 Å². The molecule has 1 aromatic carbocycles. The highest BCUT2D eigenvalue weighted by atomic mass is 15.1. The average molecular weight is 329 g/mol. The SMILES string of the molecule is NC(=NCc1cccc(CN2CCCCCC2)c1)NCC1CCC1. The fraction of sp³-hybridized carbons (Fsp3) is 0.650. The van der Waals surface area contributed by atoms with Gasteiger partial charge in [0, 0.05) is 13.1 Å². The van der Waals surface area contributed by atoms with Gasteiger partial charge in [-0.2, -0.15) is 0 Å². The highest BCUT2D eigenvalue weighted by Crippen LogP contribution is 2.25. The van der Waals surface area contributed by atoms with Gasteiger partial charge in [-0.25, -0.2) is 4.99 Å². The van der Waals surface area contributed by atoms with E-state index in [1.165, 1.54) is 69.2 Å². The van der Waals surface area contributed by atoms with Crippen LogP contribution in [-0.2, 0) is 13.1 Å². The Kier molecular flexibility index (Phi) is 6.53. The van der Waals surface area contributed by atoms with Crippen molar-refractivity contribution in [2.24, 2.45) is 16.6 Å². The molecule has 1 heterocycles. The topological polar surface area (TPSA) is 53.6 Å². The Hall–Kier alpha value is -1.55. The summed E-state index contributed by atoms with van der Waals surface area (Å²) >= 11 is 0. The summed E-state index contributed by atoms with van der Waals surface area (Å²) in [6.07, 6.45) is 9.49. The third kappa shape index (κ3) is 5.52. The van der Waals surface area contributed by atoms with Crippen LogP contribution in [0.25, 0.3) is 0 Å². The maximum atomic E-state index is 5.98. The van der Waals surface area contributed by atoms with Gasteiger partial charge in [0.05, 0.1) is 6.54 Å². The number of rotatable bonds is 6. The predicted octanol–water partition coefficient (Wildman–Crippen LogP) is 3.27. The first-order chi connectivity index (χ1) is 11.8. The molecule has 0 radical (unpaired) electrons. The second-order valence-corrected chi connectivity index (χ2v) is 7.39. The molecule has 0 aromatic heterocycles. The molecule has 1 aliphatic carbocycles. The fourth-order valence-electron chi connectivity index (χ4n) is 3.56. The van der Waals surface area contributed by atoms with Gasteiger partial charge in [0.15, 0.2) is 5.96 Å². The van der Waals surface area contributed by atoms with Gasteiger partial charge in [-0.05, 0) is 55.8 Å². The van der Waals surface area contributed by atoms with E-state index in [-0.39, 0.29) is 0 Å². The summed E-state index contributed by atoms with van der Waals surface area (Å²) in [5.74, 6) is 1.38. The van der Waals surface area contributed by atoms with Crippen LogP contribution in [0.2, 0.25) is 0 Å². The Morgan fingerprint density at radius 2 is 1.83 bits per heavy atom.